The molecule has 0 radical (unpaired) electrons. The van der Waals surface area contributed by atoms with Gasteiger partial charge in [0, 0.05) is 11.6 Å². The SMILES string of the molecule is Cc1cc[nH+]cc1-c1c(C)ccc2ccccc12. The zero-order chi connectivity index (χ0) is 12.5. The van der Waals surface area contributed by atoms with E-state index in [1.54, 1.807) is 0 Å². The van der Waals surface area contributed by atoms with Gasteiger partial charge < -0.3 is 0 Å². The third kappa shape index (κ3) is 1.68. The van der Waals surface area contributed by atoms with Crippen molar-refractivity contribution in [2.45, 2.75) is 13.8 Å². The van der Waals surface area contributed by atoms with Gasteiger partial charge in [-0.05, 0) is 41.3 Å². The lowest BCUT2D eigenvalue weighted by molar-refractivity contribution is -0.377. The summed E-state index contributed by atoms with van der Waals surface area (Å²) in [5, 5.41) is 2.61. The molecule has 1 heteroatoms. The molecule has 1 nitrogen and oxygen atoms in total. The van der Waals surface area contributed by atoms with Crippen molar-refractivity contribution in [3.63, 3.8) is 0 Å². The number of fused-ring (bicyclic) bond motifs is 1. The first-order valence-electron chi connectivity index (χ1n) is 6.23. The molecule has 0 spiro atoms. The zero-order valence-corrected chi connectivity index (χ0v) is 10.7. The molecular weight excluding hydrogens is 218 g/mol. The maximum atomic E-state index is 3.19. The van der Waals surface area contributed by atoms with E-state index < -0.39 is 0 Å². The number of aromatic nitrogens is 1. The van der Waals surface area contributed by atoms with E-state index in [9.17, 15) is 0 Å². The van der Waals surface area contributed by atoms with E-state index in [0.29, 0.717) is 0 Å². The molecule has 88 valence electrons. The monoisotopic (exact) mass is 234 g/mol. The summed E-state index contributed by atoms with van der Waals surface area (Å²) in [4.78, 5) is 3.19. The Morgan fingerprint density at radius 2 is 1.67 bits per heavy atom. The summed E-state index contributed by atoms with van der Waals surface area (Å²) in [6, 6.07) is 15.1. The van der Waals surface area contributed by atoms with Crippen LogP contribution in [0, 0.1) is 13.8 Å². The summed E-state index contributed by atoms with van der Waals surface area (Å²) in [7, 11) is 0. The van der Waals surface area contributed by atoms with E-state index in [1.165, 1.54) is 33.0 Å². The minimum atomic E-state index is 1.28. The van der Waals surface area contributed by atoms with E-state index in [4.69, 9.17) is 0 Å². The van der Waals surface area contributed by atoms with Crippen LogP contribution in [0.3, 0.4) is 0 Å². The lowest BCUT2D eigenvalue weighted by Gasteiger charge is -2.10. The third-order valence-corrected chi connectivity index (χ3v) is 3.49. The Morgan fingerprint density at radius 1 is 0.833 bits per heavy atom. The predicted molar refractivity (Wildman–Crippen MR) is 75.4 cm³/mol. The smallest absolute Gasteiger partial charge is 0.175 e. The van der Waals surface area contributed by atoms with Gasteiger partial charge >= 0.3 is 0 Å². The molecule has 0 saturated carbocycles. The standard InChI is InChI=1S/C17H15N/c1-12-9-10-18-11-16(12)17-13(2)7-8-14-5-3-4-6-15(14)17/h3-11H,1-2H3/p+1. The average Bonchev–Trinajstić information content (AvgIpc) is 2.40. The highest BCUT2D eigenvalue weighted by molar-refractivity contribution is 5.98. The second-order valence-electron chi connectivity index (χ2n) is 4.72. The number of hydrogen-bond acceptors (Lipinski definition) is 0. The van der Waals surface area contributed by atoms with Crippen molar-refractivity contribution in [3.8, 4) is 11.1 Å². The minimum Gasteiger partial charge on any atom is -0.217 e. The van der Waals surface area contributed by atoms with Crippen LogP contribution >= 0.6 is 0 Å². The average molecular weight is 234 g/mol. The van der Waals surface area contributed by atoms with Crippen LogP contribution < -0.4 is 4.98 Å². The molecule has 0 saturated heterocycles. The normalized spacial score (nSPS) is 10.8. The molecule has 1 N–H and O–H groups in total. The highest BCUT2D eigenvalue weighted by Gasteiger charge is 2.11. The van der Waals surface area contributed by atoms with Gasteiger partial charge in [0.15, 0.2) is 12.4 Å². The number of nitrogens with one attached hydrogen (secondary N) is 1. The molecule has 0 aliphatic heterocycles. The van der Waals surface area contributed by atoms with Crippen molar-refractivity contribution in [1.29, 1.82) is 0 Å². The highest BCUT2D eigenvalue weighted by Crippen LogP contribution is 2.32. The number of hydrogen-bond donors (Lipinski definition) is 0. The van der Waals surface area contributed by atoms with Gasteiger partial charge in [-0.25, -0.2) is 4.98 Å². The molecule has 3 rings (SSSR count). The van der Waals surface area contributed by atoms with Gasteiger partial charge in [-0.2, -0.15) is 0 Å². The molecule has 1 aromatic heterocycles. The second kappa shape index (κ2) is 4.26. The molecular formula is C17H16N+. The van der Waals surface area contributed by atoms with Gasteiger partial charge in [-0.15, -0.1) is 0 Å². The Hall–Kier alpha value is -2.15. The van der Waals surface area contributed by atoms with Crippen molar-refractivity contribution in [2.75, 3.05) is 0 Å². The summed E-state index contributed by atoms with van der Waals surface area (Å²) < 4.78 is 0. The van der Waals surface area contributed by atoms with E-state index in [2.05, 4.69) is 67.5 Å². The first kappa shape index (κ1) is 11.0. The van der Waals surface area contributed by atoms with Crippen LogP contribution in [0.5, 0.6) is 0 Å². The molecule has 3 aromatic rings. The fraction of sp³-hybridized carbons (Fsp3) is 0.118. The molecule has 0 unspecified atom stereocenters. The minimum absolute atomic E-state index is 1.28. The highest BCUT2D eigenvalue weighted by atomic mass is 14.6. The van der Waals surface area contributed by atoms with Crippen LogP contribution in [-0.4, -0.2) is 0 Å². The van der Waals surface area contributed by atoms with Gasteiger partial charge in [0.25, 0.3) is 0 Å². The Balaban J connectivity index is 2.42. The molecule has 0 aliphatic carbocycles. The maximum Gasteiger partial charge on any atom is 0.175 e. The summed E-state index contributed by atoms with van der Waals surface area (Å²) in [6.45, 7) is 4.33. The molecule has 0 amide bonds. The van der Waals surface area contributed by atoms with Crippen molar-refractivity contribution in [1.82, 2.24) is 0 Å². The largest absolute Gasteiger partial charge is 0.217 e. The fourth-order valence-corrected chi connectivity index (χ4v) is 2.52. The molecule has 0 aliphatic rings. The number of benzene rings is 2. The number of H-pyrrole nitrogens is 1. The van der Waals surface area contributed by atoms with Crippen LogP contribution in [0.1, 0.15) is 11.1 Å². The Morgan fingerprint density at radius 3 is 2.50 bits per heavy atom. The number of aryl methyl sites for hydroxylation is 2. The van der Waals surface area contributed by atoms with Crippen molar-refractivity contribution in [3.05, 3.63) is 66.0 Å². The molecule has 2 aromatic carbocycles. The molecule has 0 atom stereocenters. The number of rotatable bonds is 1. The third-order valence-electron chi connectivity index (χ3n) is 3.49. The first-order valence-corrected chi connectivity index (χ1v) is 6.23. The van der Waals surface area contributed by atoms with E-state index in [0.717, 1.165) is 0 Å². The Labute approximate surface area is 107 Å². The zero-order valence-electron chi connectivity index (χ0n) is 10.7. The second-order valence-corrected chi connectivity index (χ2v) is 4.72. The molecule has 0 fully saturated rings. The summed E-state index contributed by atoms with van der Waals surface area (Å²) >= 11 is 0. The molecule has 1 heterocycles. The van der Waals surface area contributed by atoms with Crippen molar-refractivity contribution >= 4 is 10.8 Å². The Kier molecular flexibility index (Phi) is 2.60. The van der Waals surface area contributed by atoms with Crippen molar-refractivity contribution < 1.29 is 4.98 Å². The van der Waals surface area contributed by atoms with Gasteiger partial charge in [-0.1, -0.05) is 36.4 Å². The van der Waals surface area contributed by atoms with E-state index >= 15 is 0 Å². The van der Waals surface area contributed by atoms with Gasteiger partial charge in [0.1, 0.15) is 0 Å². The fourth-order valence-electron chi connectivity index (χ4n) is 2.52. The first-order chi connectivity index (χ1) is 8.77. The number of aromatic amines is 1. The lowest BCUT2D eigenvalue weighted by Crippen LogP contribution is -2.01. The van der Waals surface area contributed by atoms with Gasteiger partial charge in [0.2, 0.25) is 0 Å². The van der Waals surface area contributed by atoms with Crippen LogP contribution in [0.15, 0.2) is 54.9 Å². The lowest BCUT2D eigenvalue weighted by atomic mass is 9.93. The Bertz CT molecular complexity index is 714. The summed E-state index contributed by atoms with van der Waals surface area (Å²) in [6.07, 6.45) is 4.06. The number of pyridine rings is 1. The topological polar surface area (TPSA) is 14.1 Å². The van der Waals surface area contributed by atoms with Gasteiger partial charge in [-0.3, -0.25) is 0 Å². The van der Waals surface area contributed by atoms with Crippen molar-refractivity contribution in [2.24, 2.45) is 0 Å². The van der Waals surface area contributed by atoms with E-state index in [1.807, 2.05) is 6.20 Å². The van der Waals surface area contributed by atoms with Crippen LogP contribution in [0.2, 0.25) is 0 Å². The molecule has 0 bridgehead atoms. The summed E-state index contributed by atoms with van der Waals surface area (Å²) in [5.41, 5.74) is 5.24. The maximum absolute atomic E-state index is 3.19. The molecule has 18 heavy (non-hydrogen) atoms. The summed E-state index contributed by atoms with van der Waals surface area (Å²) in [5.74, 6) is 0. The van der Waals surface area contributed by atoms with Crippen LogP contribution in [-0.2, 0) is 0 Å². The van der Waals surface area contributed by atoms with E-state index in [-0.39, 0.29) is 0 Å². The van der Waals surface area contributed by atoms with Gasteiger partial charge in [0.05, 0.1) is 0 Å². The van der Waals surface area contributed by atoms with Crippen LogP contribution in [0.25, 0.3) is 21.9 Å². The van der Waals surface area contributed by atoms with Crippen LogP contribution in [0.4, 0.5) is 0 Å². The quantitative estimate of drug-likeness (QED) is 0.605. The predicted octanol–water partition coefficient (Wildman–Crippen LogP) is 3.94.